The number of amides is 2. The molecule has 0 heterocycles. The molecular weight excluding hydrogens is 482 g/mol. The van der Waals surface area contributed by atoms with Gasteiger partial charge in [-0.3, -0.25) is 9.59 Å². The Hall–Kier alpha value is -4.77. The highest BCUT2D eigenvalue weighted by atomic mass is 16.5. The summed E-state index contributed by atoms with van der Waals surface area (Å²) in [7, 11) is 0. The molecule has 0 aliphatic heterocycles. The van der Waals surface area contributed by atoms with Gasteiger partial charge in [0, 0.05) is 23.3 Å². The predicted octanol–water partition coefficient (Wildman–Crippen LogP) is 6.07. The number of nitriles is 1. The normalized spacial score (nSPS) is 10.7. The van der Waals surface area contributed by atoms with Gasteiger partial charge in [0.1, 0.15) is 28.9 Å². The Morgan fingerprint density at radius 2 is 1.42 bits per heavy atom. The fourth-order valence-electron chi connectivity index (χ4n) is 3.53. The molecule has 8 heteroatoms. The summed E-state index contributed by atoms with van der Waals surface area (Å²) in [5.41, 5.74) is 1.68. The van der Waals surface area contributed by atoms with Crippen LogP contribution >= 0.6 is 0 Å². The molecule has 0 fully saturated rings. The minimum atomic E-state index is -0.623. The van der Waals surface area contributed by atoms with E-state index in [9.17, 15) is 14.9 Å². The molecule has 0 aliphatic rings. The van der Waals surface area contributed by atoms with E-state index in [2.05, 4.69) is 10.6 Å². The Labute approximate surface area is 222 Å². The maximum Gasteiger partial charge on any atom is 0.266 e. The third-order valence-corrected chi connectivity index (χ3v) is 5.26. The van der Waals surface area contributed by atoms with Crippen LogP contribution in [0.25, 0.3) is 6.08 Å². The highest BCUT2D eigenvalue weighted by Crippen LogP contribution is 2.37. The molecule has 0 unspecified atom stereocenters. The average Bonchev–Trinajstić information content (AvgIpc) is 2.93. The van der Waals surface area contributed by atoms with Crippen molar-refractivity contribution < 1.29 is 23.8 Å². The van der Waals surface area contributed by atoms with Crippen LogP contribution in [0.3, 0.4) is 0 Å². The van der Waals surface area contributed by atoms with E-state index in [1.54, 1.807) is 55.5 Å². The fourth-order valence-corrected chi connectivity index (χ4v) is 3.53. The second-order valence-electron chi connectivity index (χ2n) is 8.04. The number of nitrogens with one attached hydrogen (secondary N) is 2. The van der Waals surface area contributed by atoms with Gasteiger partial charge in [0.05, 0.1) is 31.2 Å². The zero-order chi connectivity index (χ0) is 27.3. The summed E-state index contributed by atoms with van der Waals surface area (Å²) in [6, 6.07) is 21.1. The van der Waals surface area contributed by atoms with Gasteiger partial charge >= 0.3 is 0 Å². The van der Waals surface area contributed by atoms with Gasteiger partial charge in [0.2, 0.25) is 0 Å². The van der Waals surface area contributed by atoms with Crippen molar-refractivity contribution in [2.24, 2.45) is 0 Å². The molecule has 3 aromatic rings. The molecule has 2 N–H and O–H groups in total. The lowest BCUT2D eigenvalue weighted by Gasteiger charge is -2.18. The Balaban J connectivity index is 1.92. The van der Waals surface area contributed by atoms with E-state index >= 15 is 0 Å². The number of rotatable bonds is 12. The Morgan fingerprint density at radius 3 is 2.03 bits per heavy atom. The third kappa shape index (κ3) is 7.37. The number of benzene rings is 3. The lowest BCUT2D eigenvalue weighted by atomic mass is 10.1. The molecule has 2 amide bonds. The van der Waals surface area contributed by atoms with Crippen molar-refractivity contribution in [2.75, 3.05) is 30.5 Å². The molecule has 3 rings (SSSR count). The number of carbonyl (C=O) groups is 2. The SMILES string of the molecule is CCCOc1ccccc1/C=C(\C#N)C(=O)Nc1cc(OCC)c(NC(=O)c2ccccc2)cc1OCC. The van der Waals surface area contributed by atoms with Crippen LogP contribution in [-0.2, 0) is 4.79 Å². The third-order valence-electron chi connectivity index (χ3n) is 5.26. The first kappa shape index (κ1) is 27.8. The Kier molecular flexibility index (Phi) is 10.3. The van der Waals surface area contributed by atoms with Crippen LogP contribution in [0.15, 0.2) is 72.3 Å². The smallest absolute Gasteiger partial charge is 0.266 e. The number of anilines is 2. The number of nitrogens with zero attached hydrogens (tertiary/aromatic N) is 1. The standard InChI is InChI=1S/C30H31N3O5/c1-4-16-38-26-15-11-10-14-22(26)17-23(20-31)30(35)33-25-19-27(36-5-2)24(18-28(25)37-6-3)32-29(34)21-12-8-7-9-13-21/h7-15,17-19H,4-6,16H2,1-3H3,(H,32,34)(H,33,35)/b23-17+. The van der Waals surface area contributed by atoms with Crippen LogP contribution in [-0.4, -0.2) is 31.6 Å². The molecule has 0 radical (unpaired) electrons. The summed E-state index contributed by atoms with van der Waals surface area (Å²) in [5.74, 6) is 0.307. The second kappa shape index (κ2) is 14.1. The lowest BCUT2D eigenvalue weighted by Crippen LogP contribution is -2.16. The predicted molar refractivity (Wildman–Crippen MR) is 148 cm³/mol. The fraction of sp³-hybridized carbons (Fsp3) is 0.233. The summed E-state index contributed by atoms with van der Waals surface area (Å²) >= 11 is 0. The highest BCUT2D eigenvalue weighted by molar-refractivity contribution is 6.11. The lowest BCUT2D eigenvalue weighted by molar-refractivity contribution is -0.112. The second-order valence-corrected chi connectivity index (χ2v) is 8.04. The summed E-state index contributed by atoms with van der Waals surface area (Å²) in [4.78, 5) is 25.9. The van der Waals surface area contributed by atoms with Crippen LogP contribution in [0.2, 0.25) is 0 Å². The quantitative estimate of drug-likeness (QED) is 0.225. The molecule has 0 atom stereocenters. The summed E-state index contributed by atoms with van der Waals surface area (Å²) in [5, 5.41) is 15.3. The van der Waals surface area contributed by atoms with Crippen molar-refractivity contribution >= 4 is 29.3 Å². The van der Waals surface area contributed by atoms with Crippen LogP contribution in [0.5, 0.6) is 17.2 Å². The maximum absolute atomic E-state index is 13.1. The number of hydrogen-bond donors (Lipinski definition) is 2. The molecule has 38 heavy (non-hydrogen) atoms. The summed E-state index contributed by atoms with van der Waals surface area (Å²) < 4.78 is 17.2. The van der Waals surface area contributed by atoms with Crippen molar-refractivity contribution in [3.8, 4) is 23.3 Å². The number of ether oxygens (including phenoxy) is 3. The first-order valence-electron chi connectivity index (χ1n) is 12.5. The van der Waals surface area contributed by atoms with Crippen molar-refractivity contribution in [3.05, 3.63) is 83.4 Å². The summed E-state index contributed by atoms with van der Waals surface area (Å²) in [6.45, 7) is 6.77. The van der Waals surface area contributed by atoms with Gasteiger partial charge in [-0.2, -0.15) is 5.26 Å². The molecule has 8 nitrogen and oxygen atoms in total. The van der Waals surface area contributed by atoms with E-state index in [-0.39, 0.29) is 11.5 Å². The van der Waals surface area contributed by atoms with Crippen LogP contribution in [0.4, 0.5) is 11.4 Å². The monoisotopic (exact) mass is 513 g/mol. The van der Waals surface area contributed by atoms with Crippen molar-refractivity contribution in [1.29, 1.82) is 5.26 Å². The van der Waals surface area contributed by atoms with Gasteiger partial charge in [-0.05, 0) is 44.5 Å². The van der Waals surface area contributed by atoms with Gasteiger partial charge in [0.25, 0.3) is 11.8 Å². The van der Waals surface area contributed by atoms with E-state index in [0.29, 0.717) is 59.6 Å². The molecule has 0 bridgehead atoms. The first-order chi connectivity index (χ1) is 18.5. The van der Waals surface area contributed by atoms with E-state index in [1.165, 1.54) is 6.08 Å². The van der Waals surface area contributed by atoms with Crippen molar-refractivity contribution in [2.45, 2.75) is 27.2 Å². The molecule has 0 saturated heterocycles. The van der Waals surface area contributed by atoms with Crippen LogP contribution in [0, 0.1) is 11.3 Å². The van der Waals surface area contributed by atoms with Gasteiger partial charge in [-0.1, -0.05) is 43.3 Å². The van der Waals surface area contributed by atoms with Gasteiger partial charge in [0.15, 0.2) is 0 Å². The Bertz CT molecular complexity index is 1330. The van der Waals surface area contributed by atoms with Gasteiger partial charge in [-0.15, -0.1) is 0 Å². The molecule has 0 saturated carbocycles. The summed E-state index contributed by atoms with van der Waals surface area (Å²) in [6.07, 6.45) is 2.31. The minimum absolute atomic E-state index is 0.112. The maximum atomic E-state index is 13.1. The molecular formula is C30H31N3O5. The molecule has 0 spiro atoms. The zero-order valence-electron chi connectivity index (χ0n) is 21.7. The zero-order valence-corrected chi connectivity index (χ0v) is 21.7. The van der Waals surface area contributed by atoms with Crippen molar-refractivity contribution in [1.82, 2.24) is 0 Å². The van der Waals surface area contributed by atoms with Gasteiger partial charge < -0.3 is 24.8 Å². The highest BCUT2D eigenvalue weighted by Gasteiger charge is 2.19. The Morgan fingerprint density at radius 1 is 0.816 bits per heavy atom. The van der Waals surface area contributed by atoms with E-state index in [1.807, 2.05) is 38.1 Å². The number of hydrogen-bond acceptors (Lipinski definition) is 6. The first-order valence-corrected chi connectivity index (χ1v) is 12.5. The number of carbonyl (C=O) groups excluding carboxylic acids is 2. The van der Waals surface area contributed by atoms with E-state index in [0.717, 1.165) is 6.42 Å². The number of para-hydroxylation sites is 1. The minimum Gasteiger partial charge on any atom is -0.493 e. The van der Waals surface area contributed by atoms with E-state index in [4.69, 9.17) is 14.2 Å². The van der Waals surface area contributed by atoms with Gasteiger partial charge in [-0.25, -0.2) is 0 Å². The molecule has 0 aromatic heterocycles. The average molecular weight is 514 g/mol. The van der Waals surface area contributed by atoms with Crippen molar-refractivity contribution in [3.63, 3.8) is 0 Å². The topological polar surface area (TPSA) is 110 Å². The molecule has 0 aliphatic carbocycles. The van der Waals surface area contributed by atoms with Crippen LogP contribution < -0.4 is 24.8 Å². The van der Waals surface area contributed by atoms with E-state index < -0.39 is 5.91 Å². The largest absolute Gasteiger partial charge is 0.493 e. The molecule has 196 valence electrons. The van der Waals surface area contributed by atoms with Crippen LogP contribution in [0.1, 0.15) is 43.1 Å². The molecule has 3 aromatic carbocycles.